The molecule has 3 rings (SSSR count). The minimum Gasteiger partial charge on any atom is -0.491 e. The lowest BCUT2D eigenvalue weighted by atomic mass is 9.77. The van der Waals surface area contributed by atoms with E-state index in [1.165, 1.54) is 0 Å². The molecule has 0 aromatic heterocycles. The summed E-state index contributed by atoms with van der Waals surface area (Å²) in [4.78, 5) is 0. The summed E-state index contributed by atoms with van der Waals surface area (Å²) in [6.45, 7) is 4.92. The topological polar surface area (TPSA) is 53.7 Å². The van der Waals surface area contributed by atoms with Gasteiger partial charge in [0, 0.05) is 16.5 Å². The van der Waals surface area contributed by atoms with Crippen LogP contribution in [0.15, 0.2) is 16.6 Å². The van der Waals surface area contributed by atoms with Gasteiger partial charge in [0.25, 0.3) is 0 Å². The van der Waals surface area contributed by atoms with Crippen LogP contribution in [-0.4, -0.2) is 25.9 Å². The third kappa shape index (κ3) is 1.88. The van der Waals surface area contributed by atoms with Crippen LogP contribution in [0.3, 0.4) is 0 Å². The van der Waals surface area contributed by atoms with Gasteiger partial charge in [-0.1, -0.05) is 15.9 Å². The molecule has 1 atom stereocenters. The highest BCUT2D eigenvalue weighted by Gasteiger charge is 2.46. The van der Waals surface area contributed by atoms with Gasteiger partial charge in [0.15, 0.2) is 0 Å². The van der Waals surface area contributed by atoms with Crippen molar-refractivity contribution in [2.45, 2.75) is 25.6 Å². The minimum atomic E-state index is -0.390. The zero-order chi connectivity index (χ0) is 12.9. The lowest BCUT2D eigenvalue weighted by molar-refractivity contribution is 0.0281. The lowest BCUT2D eigenvalue weighted by Gasteiger charge is -2.25. The van der Waals surface area contributed by atoms with E-state index in [-0.39, 0.29) is 11.7 Å². The van der Waals surface area contributed by atoms with E-state index >= 15 is 0 Å². The highest BCUT2D eigenvalue weighted by atomic mass is 79.9. The summed E-state index contributed by atoms with van der Waals surface area (Å²) >= 11 is 3.55. The van der Waals surface area contributed by atoms with Crippen molar-refractivity contribution >= 4 is 28.5 Å². The molecule has 2 heterocycles. The second kappa shape index (κ2) is 4.23. The molecule has 0 radical (unpaired) electrons. The Kier molecular flexibility index (Phi) is 2.93. The van der Waals surface area contributed by atoms with Crippen LogP contribution in [0.5, 0.6) is 5.75 Å². The number of hydrogen-bond acceptors (Lipinski definition) is 4. The zero-order valence-electron chi connectivity index (χ0n) is 10.4. The van der Waals surface area contributed by atoms with E-state index < -0.39 is 7.12 Å². The van der Waals surface area contributed by atoms with Gasteiger partial charge in [-0.25, -0.2) is 0 Å². The summed E-state index contributed by atoms with van der Waals surface area (Å²) in [5.41, 5.74) is 7.42. The highest BCUT2D eigenvalue weighted by Crippen LogP contribution is 2.36. The quantitative estimate of drug-likeness (QED) is 0.796. The normalized spacial score (nSPS) is 24.4. The molecule has 0 bridgehead atoms. The first kappa shape index (κ1) is 12.5. The molecular formula is C12H15BBrNO3. The Balaban J connectivity index is 2.13. The average Bonchev–Trinajstić information content (AvgIpc) is 2.61. The summed E-state index contributed by atoms with van der Waals surface area (Å²) in [6, 6.07) is 3.92. The Morgan fingerprint density at radius 3 is 3.00 bits per heavy atom. The van der Waals surface area contributed by atoms with Gasteiger partial charge in [-0.05, 0) is 31.5 Å². The van der Waals surface area contributed by atoms with Gasteiger partial charge in [-0.3, -0.25) is 0 Å². The molecule has 1 aromatic rings. The Bertz CT molecular complexity index is 494. The van der Waals surface area contributed by atoms with Crippen molar-refractivity contribution in [2.75, 3.05) is 13.2 Å². The Hall–Kier alpha value is -0.555. The van der Waals surface area contributed by atoms with Crippen molar-refractivity contribution in [1.29, 1.82) is 0 Å². The molecule has 1 aromatic carbocycles. The van der Waals surface area contributed by atoms with Crippen LogP contribution in [-0.2, 0) is 9.31 Å². The summed E-state index contributed by atoms with van der Waals surface area (Å²) in [7, 11) is -0.390. The Labute approximate surface area is 115 Å². The summed E-state index contributed by atoms with van der Waals surface area (Å²) in [5, 5.41) is 0. The first-order chi connectivity index (χ1) is 8.52. The number of rotatable bonds is 1. The third-order valence-electron chi connectivity index (χ3n) is 3.25. The third-order valence-corrected chi connectivity index (χ3v) is 3.95. The first-order valence-electron chi connectivity index (χ1n) is 6.00. The number of halogens is 1. The smallest absolute Gasteiger partial charge is 0.491 e. The van der Waals surface area contributed by atoms with Gasteiger partial charge >= 0.3 is 7.12 Å². The minimum absolute atomic E-state index is 0.142. The molecule has 4 nitrogen and oxygen atoms in total. The van der Waals surface area contributed by atoms with Crippen LogP contribution in [0.4, 0.5) is 0 Å². The largest absolute Gasteiger partial charge is 0.499 e. The highest BCUT2D eigenvalue weighted by molar-refractivity contribution is 9.10. The van der Waals surface area contributed by atoms with Gasteiger partial charge < -0.3 is 19.8 Å². The standard InChI is InChI=1S/C12H15BBrNO3/c1-12(2)6-16-8-4-3-7(14)10-9(5-15)17-13(18-12)11(8)10/h3-4,9H,5-6,15H2,1-2H3. The maximum atomic E-state index is 5.99. The molecule has 2 aliphatic rings. The van der Waals surface area contributed by atoms with Crippen LogP contribution >= 0.6 is 15.9 Å². The lowest BCUT2D eigenvalue weighted by Crippen LogP contribution is -2.40. The maximum Gasteiger partial charge on any atom is 0.499 e. The fourth-order valence-electron chi connectivity index (χ4n) is 2.41. The molecule has 18 heavy (non-hydrogen) atoms. The fraction of sp³-hybridized carbons (Fsp3) is 0.500. The predicted octanol–water partition coefficient (Wildman–Crippen LogP) is 1.36. The SMILES string of the molecule is CC1(C)COc2ccc(Br)c3c2B(OC3CN)O1. The van der Waals surface area contributed by atoms with Crippen molar-refractivity contribution in [2.24, 2.45) is 5.73 Å². The molecule has 6 heteroatoms. The molecule has 1 unspecified atom stereocenters. The molecule has 96 valence electrons. The second-order valence-corrected chi connectivity index (χ2v) is 6.09. The van der Waals surface area contributed by atoms with Gasteiger partial charge in [0.1, 0.15) is 12.4 Å². The van der Waals surface area contributed by atoms with Gasteiger partial charge in [-0.15, -0.1) is 0 Å². The van der Waals surface area contributed by atoms with E-state index in [0.29, 0.717) is 13.2 Å². The molecule has 2 N–H and O–H groups in total. The van der Waals surface area contributed by atoms with Crippen molar-refractivity contribution < 1.29 is 14.0 Å². The summed E-state index contributed by atoms with van der Waals surface area (Å²) in [5.74, 6) is 0.833. The molecule has 0 fully saturated rings. The summed E-state index contributed by atoms with van der Waals surface area (Å²) < 4.78 is 18.7. The molecule has 2 aliphatic heterocycles. The molecule has 0 amide bonds. The van der Waals surface area contributed by atoms with E-state index in [0.717, 1.165) is 21.2 Å². The predicted molar refractivity (Wildman–Crippen MR) is 73.1 cm³/mol. The van der Waals surface area contributed by atoms with Crippen LogP contribution < -0.4 is 15.9 Å². The number of benzene rings is 1. The number of hydrogen-bond donors (Lipinski definition) is 1. The number of ether oxygens (including phenoxy) is 1. The van der Waals surface area contributed by atoms with Crippen LogP contribution in [0.1, 0.15) is 25.5 Å². The van der Waals surface area contributed by atoms with Crippen molar-refractivity contribution in [3.63, 3.8) is 0 Å². The second-order valence-electron chi connectivity index (χ2n) is 5.23. The van der Waals surface area contributed by atoms with Gasteiger partial charge in [0.05, 0.1) is 11.7 Å². The van der Waals surface area contributed by atoms with Crippen molar-refractivity contribution in [1.82, 2.24) is 0 Å². The van der Waals surface area contributed by atoms with E-state index in [1.807, 2.05) is 26.0 Å². The molecular weight excluding hydrogens is 297 g/mol. The molecule has 0 spiro atoms. The van der Waals surface area contributed by atoms with E-state index in [2.05, 4.69) is 15.9 Å². The molecule has 0 aliphatic carbocycles. The molecule has 0 saturated carbocycles. The Morgan fingerprint density at radius 2 is 2.28 bits per heavy atom. The van der Waals surface area contributed by atoms with Crippen molar-refractivity contribution in [3.8, 4) is 5.75 Å². The van der Waals surface area contributed by atoms with Gasteiger partial charge in [0.2, 0.25) is 0 Å². The van der Waals surface area contributed by atoms with Crippen molar-refractivity contribution in [3.05, 3.63) is 22.2 Å². The summed E-state index contributed by atoms with van der Waals surface area (Å²) in [6.07, 6.45) is -0.142. The van der Waals surface area contributed by atoms with E-state index in [1.54, 1.807) is 0 Å². The number of nitrogens with two attached hydrogens (primary N) is 1. The van der Waals surface area contributed by atoms with Crippen LogP contribution in [0, 0.1) is 0 Å². The van der Waals surface area contributed by atoms with E-state index in [4.69, 9.17) is 19.8 Å². The zero-order valence-corrected chi connectivity index (χ0v) is 12.0. The van der Waals surface area contributed by atoms with E-state index in [9.17, 15) is 0 Å². The Morgan fingerprint density at radius 1 is 1.50 bits per heavy atom. The van der Waals surface area contributed by atoms with Gasteiger partial charge in [-0.2, -0.15) is 0 Å². The average molecular weight is 312 g/mol. The maximum absolute atomic E-state index is 5.99. The van der Waals surface area contributed by atoms with Crippen LogP contribution in [0.2, 0.25) is 0 Å². The fourth-order valence-corrected chi connectivity index (χ4v) is 3.01. The van der Waals surface area contributed by atoms with Crippen LogP contribution in [0.25, 0.3) is 0 Å². The monoisotopic (exact) mass is 311 g/mol. The molecule has 0 saturated heterocycles. The first-order valence-corrected chi connectivity index (χ1v) is 6.79.